The van der Waals surface area contributed by atoms with Crippen LogP contribution < -0.4 is 5.73 Å². The van der Waals surface area contributed by atoms with Gasteiger partial charge >= 0.3 is 0 Å². The summed E-state index contributed by atoms with van der Waals surface area (Å²) in [4.78, 5) is 0. The maximum Gasteiger partial charge on any atom is 0.276 e. The molecule has 0 fully saturated rings. The zero-order valence-corrected chi connectivity index (χ0v) is 7.39. The largest absolute Gasteiger partial charge is 0.416 e. The number of rotatable bonds is 3. The second kappa shape index (κ2) is 3.73. The Bertz CT molecular complexity index is 225. The Labute approximate surface area is 69.6 Å². The minimum atomic E-state index is 0.156. The van der Waals surface area contributed by atoms with E-state index in [9.17, 15) is 0 Å². The number of nitrogens with zero attached hydrogens (tertiary/aromatic N) is 2. The average Bonchev–Trinajstić information content (AvgIpc) is 2.50. The van der Waals surface area contributed by atoms with Crippen molar-refractivity contribution in [3.05, 3.63) is 5.89 Å². The number of aromatic nitrogens is 2. The van der Waals surface area contributed by atoms with Crippen molar-refractivity contribution in [1.82, 2.24) is 10.2 Å². The summed E-state index contributed by atoms with van der Waals surface area (Å²) in [6, 6.07) is 0. The van der Waals surface area contributed by atoms with Gasteiger partial charge in [0.05, 0.1) is 0 Å². The first-order valence-corrected chi connectivity index (χ1v) is 4.58. The third-order valence-electron chi connectivity index (χ3n) is 1.37. The number of thioether (sulfide) groups is 1. The van der Waals surface area contributed by atoms with E-state index in [2.05, 4.69) is 10.2 Å². The van der Waals surface area contributed by atoms with E-state index >= 15 is 0 Å². The lowest BCUT2D eigenvalue weighted by atomic mass is 10.2. The lowest BCUT2D eigenvalue weighted by Gasteiger charge is -1.98. The van der Waals surface area contributed by atoms with Crippen LogP contribution in [-0.4, -0.2) is 23.0 Å². The Morgan fingerprint density at radius 2 is 2.36 bits per heavy atom. The summed E-state index contributed by atoms with van der Waals surface area (Å²) in [5, 5.41) is 8.23. The van der Waals surface area contributed by atoms with Crippen LogP contribution in [0.4, 0.5) is 0 Å². The third-order valence-corrected chi connectivity index (χ3v) is 1.89. The molecule has 62 valence electrons. The topological polar surface area (TPSA) is 64.9 Å². The summed E-state index contributed by atoms with van der Waals surface area (Å²) in [5.74, 6) is 0.778. The molecule has 5 heteroatoms. The molecule has 0 saturated carbocycles. The molecule has 4 nitrogen and oxygen atoms in total. The lowest BCUT2D eigenvalue weighted by molar-refractivity contribution is 0.393. The van der Waals surface area contributed by atoms with Crippen molar-refractivity contribution < 1.29 is 4.42 Å². The fraction of sp³-hybridized carbons (Fsp3) is 0.667. The van der Waals surface area contributed by atoms with E-state index in [0.29, 0.717) is 17.7 Å². The Hall–Kier alpha value is -0.550. The molecule has 0 aliphatic carbocycles. The van der Waals surface area contributed by atoms with Crippen LogP contribution in [0.2, 0.25) is 0 Å². The van der Waals surface area contributed by atoms with E-state index in [0.717, 1.165) is 0 Å². The molecule has 0 spiro atoms. The molecule has 1 aromatic rings. The van der Waals surface area contributed by atoms with Crippen LogP contribution in [0.5, 0.6) is 0 Å². The van der Waals surface area contributed by atoms with Crippen molar-refractivity contribution in [1.29, 1.82) is 0 Å². The third kappa shape index (κ3) is 1.94. The van der Waals surface area contributed by atoms with Gasteiger partial charge in [-0.05, 0) is 6.26 Å². The van der Waals surface area contributed by atoms with Gasteiger partial charge in [0, 0.05) is 12.5 Å². The van der Waals surface area contributed by atoms with Gasteiger partial charge in [-0.1, -0.05) is 18.7 Å². The molecular weight excluding hydrogens is 162 g/mol. The second-order valence-electron chi connectivity index (χ2n) is 2.25. The summed E-state index contributed by atoms with van der Waals surface area (Å²) in [6.07, 6.45) is 1.89. The number of hydrogen-bond acceptors (Lipinski definition) is 5. The smallest absolute Gasteiger partial charge is 0.276 e. The molecule has 2 N–H and O–H groups in total. The molecule has 0 radical (unpaired) electrons. The van der Waals surface area contributed by atoms with E-state index in [1.807, 2.05) is 13.2 Å². The molecule has 0 aliphatic rings. The Balaban J connectivity index is 2.71. The van der Waals surface area contributed by atoms with Crippen molar-refractivity contribution in [2.24, 2.45) is 5.73 Å². The Kier molecular flexibility index (Phi) is 2.90. The van der Waals surface area contributed by atoms with E-state index in [4.69, 9.17) is 10.2 Å². The van der Waals surface area contributed by atoms with Crippen LogP contribution in [0.15, 0.2) is 9.64 Å². The van der Waals surface area contributed by atoms with E-state index < -0.39 is 0 Å². The standard InChI is InChI=1S/C6H11N3OS/c1-4(3-7)5-8-9-6(10-5)11-2/h4H,3,7H2,1-2H3. The van der Waals surface area contributed by atoms with Crippen LogP contribution in [0.3, 0.4) is 0 Å². The molecule has 0 bridgehead atoms. The lowest BCUT2D eigenvalue weighted by Crippen LogP contribution is -2.08. The highest BCUT2D eigenvalue weighted by atomic mass is 32.2. The molecule has 1 rings (SSSR count). The van der Waals surface area contributed by atoms with Crippen LogP contribution in [-0.2, 0) is 0 Å². The highest BCUT2D eigenvalue weighted by molar-refractivity contribution is 7.98. The van der Waals surface area contributed by atoms with Gasteiger partial charge in [-0.25, -0.2) is 0 Å². The van der Waals surface area contributed by atoms with Crippen molar-refractivity contribution in [3.8, 4) is 0 Å². The quantitative estimate of drug-likeness (QED) is 0.686. The first kappa shape index (κ1) is 8.55. The van der Waals surface area contributed by atoms with Gasteiger partial charge in [0.2, 0.25) is 5.89 Å². The summed E-state index contributed by atoms with van der Waals surface area (Å²) in [6.45, 7) is 2.49. The highest BCUT2D eigenvalue weighted by Gasteiger charge is 2.10. The predicted molar refractivity (Wildman–Crippen MR) is 43.5 cm³/mol. The maximum atomic E-state index is 5.42. The van der Waals surface area contributed by atoms with Gasteiger partial charge in [0.15, 0.2) is 0 Å². The zero-order valence-electron chi connectivity index (χ0n) is 6.57. The number of nitrogens with two attached hydrogens (primary N) is 1. The van der Waals surface area contributed by atoms with Crippen molar-refractivity contribution in [2.75, 3.05) is 12.8 Å². The predicted octanol–water partition coefficient (Wildman–Crippen LogP) is 0.854. The zero-order chi connectivity index (χ0) is 8.27. The summed E-state index contributed by atoms with van der Waals surface area (Å²) < 4.78 is 5.25. The van der Waals surface area contributed by atoms with Gasteiger partial charge in [-0.15, -0.1) is 10.2 Å². The Morgan fingerprint density at radius 3 is 2.82 bits per heavy atom. The molecule has 0 aliphatic heterocycles. The molecule has 0 saturated heterocycles. The summed E-state index contributed by atoms with van der Waals surface area (Å²) >= 11 is 1.44. The van der Waals surface area contributed by atoms with Crippen molar-refractivity contribution in [2.45, 2.75) is 18.1 Å². The average molecular weight is 173 g/mol. The van der Waals surface area contributed by atoms with Gasteiger partial charge in [-0.2, -0.15) is 0 Å². The molecule has 1 aromatic heterocycles. The van der Waals surface area contributed by atoms with Gasteiger partial charge in [-0.3, -0.25) is 0 Å². The first-order chi connectivity index (χ1) is 5.27. The molecular formula is C6H11N3OS. The van der Waals surface area contributed by atoms with Crippen LogP contribution in [0.25, 0.3) is 0 Å². The van der Waals surface area contributed by atoms with Crippen LogP contribution >= 0.6 is 11.8 Å². The first-order valence-electron chi connectivity index (χ1n) is 3.35. The second-order valence-corrected chi connectivity index (χ2v) is 3.00. The fourth-order valence-corrected chi connectivity index (χ4v) is 0.894. The normalized spacial score (nSPS) is 13.4. The van der Waals surface area contributed by atoms with Gasteiger partial charge in [0.1, 0.15) is 0 Å². The van der Waals surface area contributed by atoms with Crippen molar-refractivity contribution in [3.63, 3.8) is 0 Å². The molecule has 11 heavy (non-hydrogen) atoms. The van der Waals surface area contributed by atoms with Crippen LogP contribution in [0, 0.1) is 0 Å². The molecule has 0 amide bonds. The molecule has 1 atom stereocenters. The molecule has 1 unspecified atom stereocenters. The minimum Gasteiger partial charge on any atom is -0.416 e. The van der Waals surface area contributed by atoms with E-state index in [1.165, 1.54) is 11.8 Å². The Morgan fingerprint density at radius 1 is 1.64 bits per heavy atom. The number of hydrogen-bond donors (Lipinski definition) is 1. The molecule has 1 heterocycles. The summed E-state index contributed by atoms with van der Waals surface area (Å²) in [7, 11) is 0. The van der Waals surface area contributed by atoms with Gasteiger partial charge in [0.25, 0.3) is 5.22 Å². The van der Waals surface area contributed by atoms with Crippen LogP contribution in [0.1, 0.15) is 18.7 Å². The fourth-order valence-electron chi connectivity index (χ4n) is 0.603. The SMILES string of the molecule is CSc1nnc(C(C)CN)o1. The minimum absolute atomic E-state index is 0.156. The summed E-state index contributed by atoms with van der Waals surface area (Å²) in [5.41, 5.74) is 5.42. The van der Waals surface area contributed by atoms with E-state index in [1.54, 1.807) is 0 Å². The maximum absolute atomic E-state index is 5.42. The molecule has 0 aromatic carbocycles. The van der Waals surface area contributed by atoms with Gasteiger partial charge < -0.3 is 10.2 Å². The van der Waals surface area contributed by atoms with E-state index in [-0.39, 0.29) is 5.92 Å². The van der Waals surface area contributed by atoms with Crippen molar-refractivity contribution >= 4 is 11.8 Å². The monoisotopic (exact) mass is 173 g/mol. The highest BCUT2D eigenvalue weighted by Crippen LogP contribution is 2.17.